The quantitative estimate of drug-likeness (QED) is 0.825. The highest BCUT2D eigenvalue weighted by Crippen LogP contribution is 2.29. The molecule has 25 heavy (non-hydrogen) atoms. The molecule has 0 spiro atoms. The van der Waals surface area contributed by atoms with Crippen molar-refractivity contribution in [1.82, 2.24) is 20.4 Å². The minimum absolute atomic E-state index is 0.480. The number of para-hydroxylation sites is 1. The fourth-order valence-corrected chi connectivity index (χ4v) is 2.98. The fraction of sp³-hybridized carbons (Fsp3) is 0.353. The molecule has 0 amide bonds. The van der Waals surface area contributed by atoms with Gasteiger partial charge in [0.15, 0.2) is 5.70 Å². The van der Waals surface area contributed by atoms with E-state index in [1.165, 1.54) is 6.34 Å². The van der Waals surface area contributed by atoms with Crippen molar-refractivity contribution in [2.24, 2.45) is 4.99 Å². The molecule has 132 valence electrons. The summed E-state index contributed by atoms with van der Waals surface area (Å²) in [5, 5.41) is 13.1. The molecule has 3 heterocycles. The summed E-state index contributed by atoms with van der Waals surface area (Å²) in [6.45, 7) is 5.04. The van der Waals surface area contributed by atoms with Crippen molar-refractivity contribution < 1.29 is 14.7 Å². The minimum atomic E-state index is 0.480. The number of nitrogens with one attached hydrogen (secondary N) is 1. The summed E-state index contributed by atoms with van der Waals surface area (Å²) in [5.41, 5.74) is 4.57. The fourth-order valence-electron chi connectivity index (χ4n) is 2.98. The van der Waals surface area contributed by atoms with Gasteiger partial charge in [-0.3, -0.25) is 20.5 Å². The van der Waals surface area contributed by atoms with Gasteiger partial charge in [-0.15, -0.1) is 0 Å². The topological polar surface area (TPSA) is 72.8 Å². The number of hydroxylamine groups is 2. The number of rotatable bonds is 5. The molecule has 1 saturated heterocycles. The van der Waals surface area contributed by atoms with E-state index in [9.17, 15) is 5.21 Å². The predicted molar refractivity (Wildman–Crippen MR) is 91.4 cm³/mol. The highest BCUT2D eigenvalue weighted by atomic mass is 16.5. The van der Waals surface area contributed by atoms with E-state index in [-0.39, 0.29) is 0 Å². The summed E-state index contributed by atoms with van der Waals surface area (Å²) in [6.07, 6.45) is 3.07. The van der Waals surface area contributed by atoms with Crippen molar-refractivity contribution in [2.45, 2.75) is 0 Å². The lowest BCUT2D eigenvalue weighted by molar-refractivity contribution is 0.0247. The Kier molecular flexibility index (Phi) is 4.55. The van der Waals surface area contributed by atoms with E-state index in [4.69, 9.17) is 9.47 Å². The maximum atomic E-state index is 10.2. The maximum absolute atomic E-state index is 10.2. The standard InChI is InChI=1S/C17H21N5O3/c23-22-13-18-12-15-16(22)17(25-14-4-2-1-3-5-14)19-21(15)7-6-20-8-10-24-11-9-20/h1-5,12-13,19,23H,6-11H2. The molecule has 1 aromatic rings. The van der Waals surface area contributed by atoms with E-state index in [1.54, 1.807) is 6.20 Å². The molecule has 3 aliphatic heterocycles. The predicted octanol–water partition coefficient (Wildman–Crippen LogP) is 0.961. The van der Waals surface area contributed by atoms with Gasteiger partial charge in [-0.2, -0.15) is 0 Å². The first kappa shape index (κ1) is 15.9. The lowest BCUT2D eigenvalue weighted by Crippen LogP contribution is -2.43. The number of hydrazine groups is 1. The normalized spacial score (nSPS) is 20.4. The zero-order chi connectivity index (χ0) is 17.1. The summed E-state index contributed by atoms with van der Waals surface area (Å²) in [6, 6.07) is 9.47. The van der Waals surface area contributed by atoms with Gasteiger partial charge in [0.05, 0.1) is 26.0 Å². The van der Waals surface area contributed by atoms with Gasteiger partial charge in [0.1, 0.15) is 17.8 Å². The number of fused-ring (bicyclic) bond motifs is 1. The Morgan fingerprint density at radius 3 is 2.76 bits per heavy atom. The molecule has 0 aliphatic carbocycles. The number of benzene rings is 1. The van der Waals surface area contributed by atoms with Crippen LogP contribution in [-0.2, 0) is 4.74 Å². The lowest BCUT2D eigenvalue weighted by Gasteiger charge is -2.30. The third kappa shape index (κ3) is 3.46. The van der Waals surface area contributed by atoms with Gasteiger partial charge >= 0.3 is 0 Å². The second kappa shape index (κ2) is 7.14. The Bertz CT molecular complexity index is 697. The molecule has 0 atom stereocenters. The summed E-state index contributed by atoms with van der Waals surface area (Å²) in [4.78, 5) is 6.42. The largest absolute Gasteiger partial charge is 0.437 e. The molecular formula is C17H21N5O3. The molecule has 0 saturated carbocycles. The van der Waals surface area contributed by atoms with Gasteiger partial charge in [-0.1, -0.05) is 18.2 Å². The number of ether oxygens (including phenoxy) is 2. The first-order valence-electron chi connectivity index (χ1n) is 8.35. The van der Waals surface area contributed by atoms with Crippen LogP contribution < -0.4 is 10.2 Å². The zero-order valence-electron chi connectivity index (χ0n) is 13.8. The molecule has 0 unspecified atom stereocenters. The van der Waals surface area contributed by atoms with Gasteiger partial charge in [0.2, 0.25) is 5.88 Å². The van der Waals surface area contributed by atoms with E-state index in [0.717, 1.165) is 50.2 Å². The average Bonchev–Trinajstić information content (AvgIpc) is 3.01. The van der Waals surface area contributed by atoms with Crippen LogP contribution in [0.15, 0.2) is 58.8 Å². The molecule has 0 bridgehead atoms. The van der Waals surface area contributed by atoms with Gasteiger partial charge in [-0.05, 0) is 12.1 Å². The van der Waals surface area contributed by atoms with Crippen LogP contribution in [0.5, 0.6) is 5.75 Å². The molecule has 1 fully saturated rings. The van der Waals surface area contributed by atoms with E-state index in [0.29, 0.717) is 17.3 Å². The van der Waals surface area contributed by atoms with Gasteiger partial charge in [-0.25, -0.2) is 10.1 Å². The molecule has 0 aromatic heterocycles. The third-order valence-corrected chi connectivity index (χ3v) is 4.29. The molecule has 3 aliphatic rings. The molecule has 4 rings (SSSR count). The zero-order valence-corrected chi connectivity index (χ0v) is 13.8. The highest BCUT2D eigenvalue weighted by Gasteiger charge is 2.33. The number of aliphatic imine (C=N–C) groups is 1. The van der Waals surface area contributed by atoms with Crippen LogP contribution in [0, 0.1) is 0 Å². The van der Waals surface area contributed by atoms with E-state index >= 15 is 0 Å². The number of nitrogens with zero attached hydrogens (tertiary/aromatic N) is 4. The SMILES string of the molecule is ON1C=NC=C2C1=C(Oc1ccccc1)NN2CCN1CCOCC1. The number of morpholine rings is 1. The van der Waals surface area contributed by atoms with Crippen LogP contribution in [0.25, 0.3) is 0 Å². The van der Waals surface area contributed by atoms with Crippen molar-refractivity contribution in [2.75, 3.05) is 39.4 Å². The van der Waals surface area contributed by atoms with Crippen LogP contribution >= 0.6 is 0 Å². The summed E-state index contributed by atoms with van der Waals surface area (Å²) >= 11 is 0. The van der Waals surface area contributed by atoms with Gasteiger partial charge in [0, 0.05) is 19.6 Å². The molecule has 1 aromatic carbocycles. The Hall–Kier alpha value is -2.55. The average molecular weight is 343 g/mol. The lowest BCUT2D eigenvalue weighted by atomic mass is 10.3. The van der Waals surface area contributed by atoms with Crippen molar-refractivity contribution in [3.8, 4) is 5.75 Å². The first-order chi connectivity index (χ1) is 12.3. The first-order valence-corrected chi connectivity index (χ1v) is 8.35. The number of hydrogen-bond donors (Lipinski definition) is 2. The summed E-state index contributed by atoms with van der Waals surface area (Å²) in [5.74, 6) is 1.18. The molecular weight excluding hydrogens is 322 g/mol. The molecule has 0 radical (unpaired) electrons. The number of hydrogen-bond acceptors (Lipinski definition) is 8. The highest BCUT2D eigenvalue weighted by molar-refractivity contribution is 5.63. The molecule has 8 heteroatoms. The van der Waals surface area contributed by atoms with E-state index in [1.807, 2.05) is 35.3 Å². The van der Waals surface area contributed by atoms with Crippen LogP contribution in [0.3, 0.4) is 0 Å². The van der Waals surface area contributed by atoms with Crippen LogP contribution in [-0.4, -0.2) is 65.9 Å². The summed E-state index contributed by atoms with van der Waals surface area (Å²) < 4.78 is 11.3. The Balaban J connectivity index is 1.48. The summed E-state index contributed by atoms with van der Waals surface area (Å²) in [7, 11) is 0. The van der Waals surface area contributed by atoms with Crippen molar-refractivity contribution in [3.05, 3.63) is 53.8 Å². The Labute approximate surface area is 146 Å². The molecule has 2 N–H and O–H groups in total. The van der Waals surface area contributed by atoms with Crippen molar-refractivity contribution >= 4 is 6.34 Å². The van der Waals surface area contributed by atoms with Crippen LogP contribution in [0.2, 0.25) is 0 Å². The van der Waals surface area contributed by atoms with Crippen LogP contribution in [0.4, 0.5) is 0 Å². The Morgan fingerprint density at radius 2 is 1.96 bits per heavy atom. The third-order valence-electron chi connectivity index (χ3n) is 4.29. The van der Waals surface area contributed by atoms with E-state index in [2.05, 4.69) is 15.3 Å². The maximum Gasteiger partial charge on any atom is 0.240 e. The van der Waals surface area contributed by atoms with Gasteiger partial charge in [0.25, 0.3) is 0 Å². The van der Waals surface area contributed by atoms with Crippen LogP contribution in [0.1, 0.15) is 0 Å². The van der Waals surface area contributed by atoms with Gasteiger partial charge < -0.3 is 9.47 Å². The monoisotopic (exact) mass is 343 g/mol. The second-order valence-corrected chi connectivity index (χ2v) is 5.93. The molecule has 8 nitrogen and oxygen atoms in total. The second-order valence-electron chi connectivity index (χ2n) is 5.93. The van der Waals surface area contributed by atoms with E-state index < -0.39 is 0 Å². The smallest absolute Gasteiger partial charge is 0.240 e. The van der Waals surface area contributed by atoms with Crippen molar-refractivity contribution in [1.29, 1.82) is 0 Å². The minimum Gasteiger partial charge on any atom is -0.437 e. The Morgan fingerprint density at radius 1 is 1.16 bits per heavy atom. The van der Waals surface area contributed by atoms with Crippen molar-refractivity contribution in [3.63, 3.8) is 0 Å².